The molecule has 0 radical (unpaired) electrons. The van der Waals surface area contributed by atoms with Gasteiger partial charge in [-0.15, -0.1) is 0 Å². The van der Waals surface area contributed by atoms with E-state index in [1.165, 1.54) is 6.07 Å². The molecule has 0 unspecified atom stereocenters. The fourth-order valence-corrected chi connectivity index (χ4v) is 2.22. The highest BCUT2D eigenvalue weighted by molar-refractivity contribution is 5.79. The standard InChI is InChI=1S/C15H10FN3/c1-10-8-13-14(6-7-15(16)18-13)19(10)12-4-2-11(9-17)3-5-12/h2-8H,1H3. The summed E-state index contributed by atoms with van der Waals surface area (Å²) in [6, 6.07) is 14.3. The fraction of sp³-hybridized carbons (Fsp3) is 0.0667. The smallest absolute Gasteiger partial charge is 0.213 e. The number of fused-ring (bicyclic) bond motifs is 1. The second-order valence-electron chi connectivity index (χ2n) is 4.32. The largest absolute Gasteiger partial charge is 0.312 e. The first-order valence-corrected chi connectivity index (χ1v) is 5.84. The SMILES string of the molecule is Cc1cc2nc(F)ccc2n1-c1ccc(C#N)cc1. The molecule has 0 atom stereocenters. The van der Waals surface area contributed by atoms with Gasteiger partial charge in [0.25, 0.3) is 0 Å². The quantitative estimate of drug-likeness (QED) is 0.622. The van der Waals surface area contributed by atoms with E-state index in [2.05, 4.69) is 11.1 Å². The van der Waals surface area contributed by atoms with Crippen molar-refractivity contribution in [2.45, 2.75) is 6.92 Å². The molecule has 0 aliphatic rings. The Morgan fingerprint density at radius 2 is 1.89 bits per heavy atom. The molecule has 0 aliphatic heterocycles. The maximum absolute atomic E-state index is 13.1. The molecule has 92 valence electrons. The average molecular weight is 251 g/mol. The van der Waals surface area contributed by atoms with Crippen LogP contribution >= 0.6 is 0 Å². The van der Waals surface area contributed by atoms with Gasteiger partial charge in [0.05, 0.1) is 22.7 Å². The predicted octanol–water partition coefficient (Wildman–Crippen LogP) is 3.34. The zero-order chi connectivity index (χ0) is 13.4. The van der Waals surface area contributed by atoms with Gasteiger partial charge in [-0.2, -0.15) is 9.65 Å². The first kappa shape index (κ1) is 11.4. The van der Waals surface area contributed by atoms with Crippen molar-refractivity contribution in [3.63, 3.8) is 0 Å². The van der Waals surface area contributed by atoms with Crippen molar-refractivity contribution in [1.29, 1.82) is 5.26 Å². The third-order valence-corrected chi connectivity index (χ3v) is 3.06. The molecule has 0 saturated heterocycles. The summed E-state index contributed by atoms with van der Waals surface area (Å²) < 4.78 is 15.1. The molecular formula is C15H10FN3. The summed E-state index contributed by atoms with van der Waals surface area (Å²) in [5, 5.41) is 8.81. The second kappa shape index (κ2) is 4.21. The van der Waals surface area contributed by atoms with Gasteiger partial charge in [-0.3, -0.25) is 0 Å². The van der Waals surface area contributed by atoms with Crippen molar-refractivity contribution in [2.24, 2.45) is 0 Å². The monoisotopic (exact) mass is 251 g/mol. The van der Waals surface area contributed by atoms with Gasteiger partial charge in [-0.1, -0.05) is 0 Å². The maximum atomic E-state index is 13.1. The molecule has 2 aromatic heterocycles. The third-order valence-electron chi connectivity index (χ3n) is 3.06. The van der Waals surface area contributed by atoms with Crippen molar-refractivity contribution in [1.82, 2.24) is 9.55 Å². The molecular weight excluding hydrogens is 241 g/mol. The lowest BCUT2D eigenvalue weighted by Gasteiger charge is -2.08. The van der Waals surface area contributed by atoms with E-state index in [9.17, 15) is 4.39 Å². The van der Waals surface area contributed by atoms with Crippen molar-refractivity contribution in [2.75, 3.05) is 0 Å². The third kappa shape index (κ3) is 1.85. The van der Waals surface area contributed by atoms with Crippen LogP contribution in [0.2, 0.25) is 0 Å². The Bertz CT molecular complexity index is 795. The highest BCUT2D eigenvalue weighted by atomic mass is 19.1. The highest BCUT2D eigenvalue weighted by Gasteiger charge is 2.09. The second-order valence-corrected chi connectivity index (χ2v) is 4.32. The van der Waals surface area contributed by atoms with Gasteiger partial charge in [-0.25, -0.2) is 4.98 Å². The van der Waals surface area contributed by atoms with Gasteiger partial charge in [0.1, 0.15) is 0 Å². The number of halogens is 1. The number of pyridine rings is 1. The lowest BCUT2D eigenvalue weighted by molar-refractivity contribution is 0.589. The van der Waals surface area contributed by atoms with E-state index in [1.54, 1.807) is 18.2 Å². The minimum Gasteiger partial charge on any atom is -0.312 e. The van der Waals surface area contributed by atoms with E-state index in [4.69, 9.17) is 5.26 Å². The number of aryl methyl sites for hydroxylation is 1. The Morgan fingerprint density at radius 3 is 2.58 bits per heavy atom. The van der Waals surface area contributed by atoms with Gasteiger partial charge in [0.15, 0.2) is 0 Å². The molecule has 2 heterocycles. The maximum Gasteiger partial charge on any atom is 0.213 e. The summed E-state index contributed by atoms with van der Waals surface area (Å²) in [4.78, 5) is 3.88. The molecule has 0 saturated carbocycles. The Morgan fingerprint density at radius 1 is 1.16 bits per heavy atom. The van der Waals surface area contributed by atoms with E-state index in [0.29, 0.717) is 11.1 Å². The van der Waals surface area contributed by atoms with E-state index in [-0.39, 0.29) is 0 Å². The van der Waals surface area contributed by atoms with Gasteiger partial charge < -0.3 is 4.57 Å². The Hall–Kier alpha value is -2.67. The molecule has 4 heteroatoms. The topological polar surface area (TPSA) is 41.6 Å². The van der Waals surface area contributed by atoms with Gasteiger partial charge in [0.2, 0.25) is 5.95 Å². The van der Waals surface area contributed by atoms with Crippen LogP contribution in [0.15, 0.2) is 42.5 Å². The molecule has 19 heavy (non-hydrogen) atoms. The number of benzene rings is 1. The van der Waals surface area contributed by atoms with Crippen LogP contribution < -0.4 is 0 Å². The molecule has 0 aliphatic carbocycles. The first-order valence-electron chi connectivity index (χ1n) is 5.84. The number of nitrogens with zero attached hydrogens (tertiary/aromatic N) is 3. The van der Waals surface area contributed by atoms with Crippen LogP contribution in [-0.2, 0) is 0 Å². The summed E-state index contributed by atoms with van der Waals surface area (Å²) in [5.41, 5.74) is 3.99. The first-order chi connectivity index (χ1) is 9.19. The molecule has 0 bridgehead atoms. The van der Waals surface area contributed by atoms with Crippen LogP contribution in [0, 0.1) is 24.2 Å². The van der Waals surface area contributed by atoms with E-state index >= 15 is 0 Å². The average Bonchev–Trinajstić information content (AvgIpc) is 2.74. The lowest BCUT2D eigenvalue weighted by atomic mass is 10.2. The predicted molar refractivity (Wildman–Crippen MR) is 70.5 cm³/mol. The van der Waals surface area contributed by atoms with Crippen molar-refractivity contribution >= 4 is 11.0 Å². The van der Waals surface area contributed by atoms with Crippen LogP contribution in [0.25, 0.3) is 16.7 Å². The molecule has 0 N–H and O–H groups in total. The molecule has 0 spiro atoms. The highest BCUT2D eigenvalue weighted by Crippen LogP contribution is 2.23. The Balaban J connectivity index is 2.24. The number of aromatic nitrogens is 2. The van der Waals surface area contributed by atoms with E-state index in [1.807, 2.05) is 29.7 Å². The zero-order valence-electron chi connectivity index (χ0n) is 10.3. The normalized spacial score (nSPS) is 10.6. The number of rotatable bonds is 1. The van der Waals surface area contributed by atoms with Gasteiger partial charge in [0, 0.05) is 11.4 Å². The summed E-state index contributed by atoms with van der Waals surface area (Å²) >= 11 is 0. The van der Waals surface area contributed by atoms with E-state index < -0.39 is 5.95 Å². The lowest BCUT2D eigenvalue weighted by Crippen LogP contribution is -1.96. The minimum absolute atomic E-state index is 0.482. The molecule has 3 aromatic rings. The van der Waals surface area contributed by atoms with Gasteiger partial charge >= 0.3 is 0 Å². The van der Waals surface area contributed by atoms with Crippen molar-refractivity contribution < 1.29 is 4.39 Å². The molecule has 3 rings (SSSR count). The van der Waals surface area contributed by atoms with Crippen LogP contribution in [0.4, 0.5) is 4.39 Å². The summed E-state index contributed by atoms with van der Waals surface area (Å²) in [7, 11) is 0. The van der Waals surface area contributed by atoms with Crippen LogP contribution in [0.1, 0.15) is 11.3 Å². The molecule has 1 aromatic carbocycles. The van der Waals surface area contributed by atoms with Crippen LogP contribution in [-0.4, -0.2) is 9.55 Å². The van der Waals surface area contributed by atoms with Crippen molar-refractivity contribution in [3.8, 4) is 11.8 Å². The minimum atomic E-state index is -0.482. The fourth-order valence-electron chi connectivity index (χ4n) is 2.22. The molecule has 3 nitrogen and oxygen atoms in total. The summed E-state index contributed by atoms with van der Waals surface area (Å²) in [5.74, 6) is -0.482. The molecule has 0 fully saturated rings. The van der Waals surface area contributed by atoms with Gasteiger partial charge in [-0.05, 0) is 49.4 Å². The summed E-state index contributed by atoms with van der Waals surface area (Å²) in [6.45, 7) is 1.94. The number of nitriles is 1. The number of hydrogen-bond acceptors (Lipinski definition) is 2. The zero-order valence-corrected chi connectivity index (χ0v) is 10.3. The Kier molecular flexibility index (Phi) is 2.53. The Labute approximate surface area is 109 Å². The molecule has 0 amide bonds. The van der Waals surface area contributed by atoms with Crippen LogP contribution in [0.5, 0.6) is 0 Å². The van der Waals surface area contributed by atoms with Crippen molar-refractivity contribution in [3.05, 3.63) is 59.7 Å². The summed E-state index contributed by atoms with van der Waals surface area (Å²) in [6.07, 6.45) is 0. The van der Waals surface area contributed by atoms with Crippen LogP contribution in [0.3, 0.4) is 0 Å². The number of hydrogen-bond donors (Lipinski definition) is 0. The van der Waals surface area contributed by atoms with E-state index in [0.717, 1.165) is 16.9 Å².